The molecule has 8 nitrogen and oxygen atoms in total. The molecule has 312 valence electrons. The highest BCUT2D eigenvalue weighted by atomic mass is 28.4. The summed E-state index contributed by atoms with van der Waals surface area (Å²) in [5.74, 6) is -0.852. The van der Waals surface area contributed by atoms with Crippen LogP contribution < -0.4 is 0 Å². The van der Waals surface area contributed by atoms with Gasteiger partial charge in [-0.15, -0.1) is 0 Å². The van der Waals surface area contributed by atoms with E-state index in [1.807, 2.05) is 13.2 Å². The third kappa shape index (κ3) is 10.6. The van der Waals surface area contributed by atoms with Crippen molar-refractivity contribution in [2.24, 2.45) is 11.8 Å². The van der Waals surface area contributed by atoms with Crippen molar-refractivity contribution in [3.63, 3.8) is 0 Å². The van der Waals surface area contributed by atoms with Crippen LogP contribution in [0.25, 0.3) is 0 Å². The average molecular weight is 809 g/mol. The lowest BCUT2D eigenvalue weighted by Gasteiger charge is -2.55. The molecule has 0 N–H and O–H groups in total. The molecule has 1 aromatic carbocycles. The molecule has 0 radical (unpaired) electrons. The summed E-state index contributed by atoms with van der Waals surface area (Å²) in [5, 5.41) is 0.0645. The maximum atomic E-state index is 7.68. The van der Waals surface area contributed by atoms with Crippen LogP contribution in [0.1, 0.15) is 107 Å². The molecule has 3 saturated heterocycles. The molecule has 0 spiro atoms. The lowest BCUT2D eigenvalue weighted by atomic mass is 9.80. The fourth-order valence-electron chi connectivity index (χ4n) is 8.59. The molecule has 54 heavy (non-hydrogen) atoms. The van der Waals surface area contributed by atoms with Crippen LogP contribution in [0.2, 0.25) is 54.4 Å². The molecule has 0 aromatic heterocycles. The van der Waals surface area contributed by atoms with E-state index in [-0.39, 0.29) is 53.7 Å². The first-order valence-electron chi connectivity index (χ1n) is 21.7. The Labute approximate surface area is 333 Å². The lowest BCUT2D eigenvalue weighted by Crippen LogP contribution is -2.67. The van der Waals surface area contributed by atoms with Crippen molar-refractivity contribution in [1.82, 2.24) is 0 Å². The number of ether oxygens (including phenoxy) is 5. The molecule has 11 heteroatoms. The van der Waals surface area contributed by atoms with Gasteiger partial charge < -0.3 is 37.0 Å². The van der Waals surface area contributed by atoms with Crippen molar-refractivity contribution < 1.29 is 37.0 Å². The van der Waals surface area contributed by atoms with Crippen molar-refractivity contribution in [2.45, 2.75) is 212 Å². The molecule has 0 amide bonds. The number of fused-ring (bicyclic) bond motifs is 1. The lowest BCUT2D eigenvalue weighted by molar-refractivity contribution is -0.348. The molecular formula is C43H80O8Si3. The Morgan fingerprint density at radius 1 is 0.815 bits per heavy atom. The molecule has 0 saturated carbocycles. The maximum absolute atomic E-state index is 7.68. The maximum Gasteiger partial charge on any atom is 0.198 e. The van der Waals surface area contributed by atoms with Crippen LogP contribution in [0, 0.1) is 11.8 Å². The van der Waals surface area contributed by atoms with Gasteiger partial charge in [0, 0.05) is 32.0 Å². The first-order valence-corrected chi connectivity index (χ1v) is 29.7. The average Bonchev–Trinajstić information content (AvgIpc) is 3.95. The molecular weight excluding hydrogens is 729 g/mol. The summed E-state index contributed by atoms with van der Waals surface area (Å²) < 4.78 is 55.9. The smallest absolute Gasteiger partial charge is 0.198 e. The molecule has 3 heterocycles. The number of epoxide rings is 1. The highest BCUT2D eigenvalue weighted by Gasteiger charge is 2.64. The Morgan fingerprint density at radius 3 is 1.98 bits per heavy atom. The van der Waals surface area contributed by atoms with Gasteiger partial charge in [-0.3, -0.25) is 0 Å². The van der Waals surface area contributed by atoms with E-state index in [2.05, 4.69) is 114 Å². The molecule has 0 bridgehead atoms. The van der Waals surface area contributed by atoms with Crippen LogP contribution in [-0.4, -0.2) is 87.4 Å². The van der Waals surface area contributed by atoms with Crippen LogP contribution in [-0.2, 0) is 43.6 Å². The van der Waals surface area contributed by atoms with E-state index in [1.54, 1.807) is 0 Å². The zero-order chi connectivity index (χ0) is 40.0. The van der Waals surface area contributed by atoms with E-state index in [1.165, 1.54) is 5.56 Å². The van der Waals surface area contributed by atoms with Crippen molar-refractivity contribution >= 4 is 25.0 Å². The first kappa shape index (κ1) is 46.2. The number of benzene rings is 1. The van der Waals surface area contributed by atoms with Crippen LogP contribution in [0.15, 0.2) is 30.3 Å². The van der Waals surface area contributed by atoms with Gasteiger partial charge in [-0.2, -0.15) is 0 Å². The van der Waals surface area contributed by atoms with E-state index >= 15 is 0 Å². The normalized spacial score (nSPS) is 31.3. The molecule has 0 unspecified atom stereocenters. The van der Waals surface area contributed by atoms with E-state index in [4.69, 9.17) is 37.0 Å². The van der Waals surface area contributed by atoms with Crippen molar-refractivity contribution in [1.29, 1.82) is 0 Å². The van der Waals surface area contributed by atoms with Crippen LogP contribution in [0.3, 0.4) is 0 Å². The topological polar surface area (TPSA) is 77.1 Å². The summed E-state index contributed by atoms with van der Waals surface area (Å²) >= 11 is 0. The predicted octanol–water partition coefficient (Wildman–Crippen LogP) is 11.1. The minimum Gasteiger partial charge on any atom is -0.413 e. The fraction of sp³-hybridized carbons (Fsp3) is 0.860. The Kier molecular flexibility index (Phi) is 16.7. The van der Waals surface area contributed by atoms with E-state index in [0.717, 1.165) is 55.5 Å². The zero-order valence-electron chi connectivity index (χ0n) is 36.8. The predicted molar refractivity (Wildman–Crippen MR) is 227 cm³/mol. The summed E-state index contributed by atoms with van der Waals surface area (Å²) in [6.45, 7) is 31.5. The summed E-state index contributed by atoms with van der Waals surface area (Å²) in [5.41, 5.74) is 1.20. The van der Waals surface area contributed by atoms with Gasteiger partial charge >= 0.3 is 0 Å². The number of unbranched alkanes of at least 4 members (excludes halogenated alkanes) is 1. The van der Waals surface area contributed by atoms with Crippen molar-refractivity contribution in [3.05, 3.63) is 35.9 Å². The Balaban J connectivity index is 1.69. The summed E-state index contributed by atoms with van der Waals surface area (Å²) in [4.78, 5) is 0. The molecule has 3 fully saturated rings. The second-order valence-corrected chi connectivity index (χ2v) is 32.4. The van der Waals surface area contributed by atoms with Crippen LogP contribution >= 0.6 is 0 Å². The Morgan fingerprint density at radius 2 is 1.43 bits per heavy atom. The van der Waals surface area contributed by atoms with Crippen molar-refractivity contribution in [2.75, 3.05) is 13.7 Å². The minimum absolute atomic E-state index is 0.0301. The molecule has 3 aliphatic rings. The SMILES string of the molecule is CC[Si](CC)(CC)O[C@@H]1[C@@H](C)[C@H]([C@H](O[Si](CC)(CC)CC)[C@@]2(OC)C[C@H](O[Si](C)(C)C(C)(C)C)[C@@H](C)[C@@H](CCCCOCc3ccccc3)O2)O[C@H]2O[C@H]21. The molecule has 0 aliphatic carbocycles. The fourth-order valence-corrected chi connectivity index (χ4v) is 15.8. The van der Waals surface area contributed by atoms with Gasteiger partial charge in [0.25, 0.3) is 0 Å². The third-order valence-electron chi connectivity index (χ3n) is 14.2. The Hall–Kier alpha value is -0.449. The molecule has 1 aromatic rings. The van der Waals surface area contributed by atoms with Gasteiger partial charge in [0.1, 0.15) is 12.2 Å². The second kappa shape index (κ2) is 19.5. The van der Waals surface area contributed by atoms with Gasteiger partial charge in [-0.25, -0.2) is 0 Å². The first-order chi connectivity index (χ1) is 25.5. The number of hydrogen-bond donors (Lipinski definition) is 0. The van der Waals surface area contributed by atoms with Gasteiger partial charge in [0.2, 0.25) is 0 Å². The minimum atomic E-state index is -2.21. The standard InChI is InChI=1S/C43H80O8Si3/c1-15-53(16-2,17-3)50-37-33(8)38(46-41-39(37)47-41)40(51-54(18-4,19-5)20-6)43(44-12)30-36(49-52(13,14)42(9,10)11)32(7)35(48-43)28-24-25-29-45-31-34-26-22-21-23-27-34/h21-23,26-27,32-33,35-41H,15-20,24-25,28-31H2,1-14H3/t32-,33+,35+,36-,37+,38+,39-,40-,41-,43+/m0/s1. The van der Waals surface area contributed by atoms with E-state index in [9.17, 15) is 0 Å². The second-order valence-electron chi connectivity index (χ2n) is 18.2. The number of methoxy groups -OCH3 is 1. The zero-order valence-corrected chi connectivity index (χ0v) is 39.8. The highest BCUT2D eigenvalue weighted by molar-refractivity contribution is 6.74. The van der Waals surface area contributed by atoms with E-state index in [0.29, 0.717) is 19.6 Å². The number of hydrogen-bond acceptors (Lipinski definition) is 8. The summed E-state index contributed by atoms with van der Waals surface area (Å²) in [6, 6.07) is 16.7. The summed E-state index contributed by atoms with van der Waals surface area (Å²) in [7, 11) is -4.49. The van der Waals surface area contributed by atoms with Gasteiger partial charge in [0.05, 0.1) is 31.0 Å². The van der Waals surface area contributed by atoms with E-state index < -0.39 is 36.8 Å². The molecule has 3 aliphatic heterocycles. The highest BCUT2D eigenvalue weighted by Crippen LogP contribution is 2.51. The molecule has 4 rings (SSSR count). The van der Waals surface area contributed by atoms with Gasteiger partial charge in [-0.1, -0.05) is 106 Å². The third-order valence-corrected chi connectivity index (χ3v) is 28.0. The summed E-state index contributed by atoms with van der Waals surface area (Å²) in [6.07, 6.45) is 2.15. The van der Waals surface area contributed by atoms with Gasteiger partial charge in [-0.05, 0) is 79.2 Å². The largest absolute Gasteiger partial charge is 0.413 e. The van der Waals surface area contributed by atoms with Crippen LogP contribution in [0.4, 0.5) is 0 Å². The molecule has 10 atom stereocenters. The van der Waals surface area contributed by atoms with Gasteiger partial charge in [0.15, 0.2) is 37.0 Å². The van der Waals surface area contributed by atoms with Crippen LogP contribution in [0.5, 0.6) is 0 Å². The Bertz CT molecular complexity index is 1240. The quantitative estimate of drug-likeness (QED) is 0.0651. The van der Waals surface area contributed by atoms with Crippen molar-refractivity contribution in [3.8, 4) is 0 Å². The number of rotatable bonds is 22. The monoisotopic (exact) mass is 809 g/mol.